The van der Waals surface area contributed by atoms with Gasteiger partial charge in [0.1, 0.15) is 0 Å². The molecular weight excluding hydrogens is 302 g/mol. The molecule has 4 nitrogen and oxygen atoms in total. The zero-order valence-electron chi connectivity index (χ0n) is 13.6. The number of pyridine rings is 1. The van der Waals surface area contributed by atoms with Crippen LogP contribution in [-0.2, 0) is 16.0 Å². The zero-order chi connectivity index (χ0) is 16.8. The number of para-hydroxylation sites is 2. The molecule has 0 spiro atoms. The summed E-state index contributed by atoms with van der Waals surface area (Å²) in [7, 11) is 0. The monoisotopic (exact) mass is 323 g/mol. The molecule has 0 amide bonds. The van der Waals surface area contributed by atoms with E-state index < -0.39 is 0 Å². The number of hydrogen-bond acceptors (Lipinski definition) is 3. The molecule has 0 saturated carbocycles. The molecule has 1 heterocycles. The van der Waals surface area contributed by atoms with Crippen molar-refractivity contribution in [2.45, 2.75) is 6.54 Å². The number of nitrogens with zero attached hydrogens (tertiary/aromatic N) is 1. The lowest BCUT2D eigenvalue weighted by Gasteiger charge is -2.15. The predicted octanol–water partition coefficient (Wildman–Crippen LogP) is 3.37. The highest BCUT2D eigenvalue weighted by molar-refractivity contribution is 5.93. The van der Waals surface area contributed by atoms with Gasteiger partial charge in [-0.3, -0.25) is 4.79 Å². The van der Waals surface area contributed by atoms with E-state index in [4.69, 9.17) is 9.47 Å². The number of aromatic nitrogens is 1. The van der Waals surface area contributed by atoms with Crippen molar-refractivity contribution >= 4 is 21.8 Å². The summed E-state index contributed by atoms with van der Waals surface area (Å²) in [6.45, 7) is 6.49. The van der Waals surface area contributed by atoms with Crippen LogP contribution in [0.4, 0.5) is 0 Å². The number of hydrogen-bond donors (Lipinski definition) is 0. The summed E-state index contributed by atoms with van der Waals surface area (Å²) in [5.74, 6) is 0. The van der Waals surface area contributed by atoms with Crippen LogP contribution in [0.5, 0.6) is 0 Å². The van der Waals surface area contributed by atoms with Crippen molar-refractivity contribution in [3.8, 4) is 0 Å². The van der Waals surface area contributed by atoms with Gasteiger partial charge in [-0.15, -0.1) is 6.58 Å². The summed E-state index contributed by atoms with van der Waals surface area (Å²) in [5.41, 5.74) is 1.96. The quantitative estimate of drug-likeness (QED) is 0.362. The highest BCUT2D eigenvalue weighted by atomic mass is 16.5. The third-order valence-electron chi connectivity index (χ3n) is 3.95. The fourth-order valence-corrected chi connectivity index (χ4v) is 2.86. The summed E-state index contributed by atoms with van der Waals surface area (Å²) in [5, 5.41) is 1.48. The molecule has 0 aliphatic rings. The third-order valence-corrected chi connectivity index (χ3v) is 3.95. The van der Waals surface area contributed by atoms with Gasteiger partial charge < -0.3 is 14.0 Å². The van der Waals surface area contributed by atoms with Gasteiger partial charge in [0, 0.05) is 17.3 Å². The highest BCUT2D eigenvalue weighted by Gasteiger charge is 2.09. The number of fused-ring (bicyclic) bond motifs is 2. The molecule has 3 rings (SSSR count). The minimum absolute atomic E-state index is 0.0798. The highest BCUT2D eigenvalue weighted by Crippen LogP contribution is 2.18. The molecule has 0 aliphatic carbocycles. The number of benzene rings is 2. The topological polar surface area (TPSA) is 40.5 Å². The van der Waals surface area contributed by atoms with E-state index in [0.717, 1.165) is 21.8 Å². The Bertz CT molecular complexity index is 838. The lowest BCUT2D eigenvalue weighted by Crippen LogP contribution is -2.15. The van der Waals surface area contributed by atoms with E-state index in [9.17, 15) is 4.79 Å². The van der Waals surface area contributed by atoms with Crippen molar-refractivity contribution in [3.63, 3.8) is 0 Å². The first kappa shape index (κ1) is 16.4. The van der Waals surface area contributed by atoms with E-state index in [1.807, 2.05) is 48.5 Å². The summed E-state index contributed by atoms with van der Waals surface area (Å²) < 4.78 is 13.1. The fraction of sp³-hybridized carbons (Fsp3) is 0.250. The number of rotatable bonds is 8. The minimum atomic E-state index is 0.0798. The summed E-state index contributed by atoms with van der Waals surface area (Å²) in [6.07, 6.45) is 1.72. The Morgan fingerprint density at radius 2 is 1.46 bits per heavy atom. The van der Waals surface area contributed by atoms with Gasteiger partial charge in [-0.25, -0.2) is 0 Å². The molecule has 3 aromatic rings. The van der Waals surface area contributed by atoms with Crippen molar-refractivity contribution in [2.24, 2.45) is 0 Å². The second-order valence-electron chi connectivity index (χ2n) is 5.49. The lowest BCUT2D eigenvalue weighted by atomic mass is 10.1. The van der Waals surface area contributed by atoms with Gasteiger partial charge in [-0.1, -0.05) is 30.3 Å². The number of ether oxygens (including phenoxy) is 2. The van der Waals surface area contributed by atoms with Crippen LogP contribution in [0.1, 0.15) is 0 Å². The molecular formula is C20H21NO3. The minimum Gasteiger partial charge on any atom is -0.377 e. The van der Waals surface area contributed by atoms with Gasteiger partial charge in [0.05, 0.1) is 37.5 Å². The van der Waals surface area contributed by atoms with Crippen molar-refractivity contribution in [3.05, 3.63) is 71.4 Å². The smallest absolute Gasteiger partial charge is 0.197 e. The molecule has 0 bridgehead atoms. The Balaban J connectivity index is 1.84. The van der Waals surface area contributed by atoms with Crippen LogP contribution in [0.2, 0.25) is 0 Å². The average Bonchev–Trinajstić information content (AvgIpc) is 2.63. The molecule has 0 fully saturated rings. The maximum atomic E-state index is 12.6. The Labute approximate surface area is 140 Å². The first-order valence-corrected chi connectivity index (χ1v) is 8.09. The van der Waals surface area contributed by atoms with Gasteiger partial charge in [0.2, 0.25) is 0 Å². The van der Waals surface area contributed by atoms with Crippen LogP contribution < -0.4 is 5.43 Å². The van der Waals surface area contributed by atoms with E-state index in [1.54, 1.807) is 6.08 Å². The Kier molecular flexibility index (Phi) is 5.41. The maximum absolute atomic E-state index is 12.6. The van der Waals surface area contributed by atoms with Crippen LogP contribution >= 0.6 is 0 Å². The third kappa shape index (κ3) is 3.40. The van der Waals surface area contributed by atoms with Crippen molar-refractivity contribution in [1.82, 2.24) is 4.57 Å². The molecule has 124 valence electrons. The summed E-state index contributed by atoms with van der Waals surface area (Å²) in [4.78, 5) is 12.6. The van der Waals surface area contributed by atoms with Gasteiger partial charge >= 0.3 is 0 Å². The fourth-order valence-electron chi connectivity index (χ4n) is 2.86. The maximum Gasteiger partial charge on any atom is 0.197 e. The zero-order valence-corrected chi connectivity index (χ0v) is 13.6. The van der Waals surface area contributed by atoms with Crippen LogP contribution in [0, 0.1) is 0 Å². The Morgan fingerprint density at radius 3 is 2.08 bits per heavy atom. The molecule has 4 heteroatoms. The first-order chi connectivity index (χ1) is 11.8. The molecule has 0 radical (unpaired) electrons. The van der Waals surface area contributed by atoms with Crippen molar-refractivity contribution in [2.75, 3.05) is 26.4 Å². The summed E-state index contributed by atoms with van der Waals surface area (Å²) >= 11 is 0. The molecule has 0 saturated heterocycles. The van der Waals surface area contributed by atoms with Crippen LogP contribution in [0.15, 0.2) is 66.0 Å². The van der Waals surface area contributed by atoms with E-state index in [2.05, 4.69) is 11.1 Å². The predicted molar refractivity (Wildman–Crippen MR) is 97.5 cm³/mol. The van der Waals surface area contributed by atoms with E-state index >= 15 is 0 Å². The van der Waals surface area contributed by atoms with Gasteiger partial charge in [0.15, 0.2) is 5.43 Å². The average molecular weight is 323 g/mol. The summed E-state index contributed by atoms with van der Waals surface area (Å²) in [6, 6.07) is 15.4. The Morgan fingerprint density at radius 1 is 0.875 bits per heavy atom. The van der Waals surface area contributed by atoms with Gasteiger partial charge in [0.25, 0.3) is 0 Å². The van der Waals surface area contributed by atoms with Crippen molar-refractivity contribution < 1.29 is 9.47 Å². The molecule has 0 aliphatic heterocycles. The molecule has 24 heavy (non-hydrogen) atoms. The first-order valence-electron chi connectivity index (χ1n) is 8.09. The van der Waals surface area contributed by atoms with E-state index in [0.29, 0.717) is 33.0 Å². The van der Waals surface area contributed by atoms with Gasteiger partial charge in [-0.2, -0.15) is 0 Å². The molecule has 1 aromatic heterocycles. The molecule has 0 N–H and O–H groups in total. The van der Waals surface area contributed by atoms with Crippen LogP contribution in [0.25, 0.3) is 21.8 Å². The SMILES string of the molecule is C=CCOCCOCCn1c2ccccc2c(=O)c2ccccc21. The van der Waals surface area contributed by atoms with Crippen LogP contribution in [-0.4, -0.2) is 31.0 Å². The lowest BCUT2D eigenvalue weighted by molar-refractivity contribution is 0.0556. The second kappa shape index (κ2) is 7.90. The normalized spacial score (nSPS) is 11.2. The van der Waals surface area contributed by atoms with Gasteiger partial charge in [-0.05, 0) is 24.3 Å². The van der Waals surface area contributed by atoms with Crippen molar-refractivity contribution in [1.29, 1.82) is 0 Å². The molecule has 0 atom stereocenters. The van der Waals surface area contributed by atoms with E-state index in [1.165, 1.54) is 0 Å². The molecule has 0 unspecified atom stereocenters. The molecule has 2 aromatic carbocycles. The van der Waals surface area contributed by atoms with Crippen LogP contribution in [0.3, 0.4) is 0 Å². The second-order valence-corrected chi connectivity index (χ2v) is 5.49. The van der Waals surface area contributed by atoms with E-state index in [-0.39, 0.29) is 5.43 Å². The largest absolute Gasteiger partial charge is 0.377 e. The standard InChI is InChI=1S/C20H21NO3/c1-2-12-23-14-15-24-13-11-21-18-9-5-3-7-16(18)20(22)17-8-4-6-10-19(17)21/h2-10H,1,11-15H2. The Hall–Kier alpha value is -2.43.